The molecule has 10 nitrogen and oxygen atoms in total. The second-order valence-electron chi connectivity index (χ2n) is 9.77. The molecule has 1 aliphatic rings. The first kappa shape index (κ1) is 28.1. The third kappa shape index (κ3) is 6.46. The van der Waals surface area contributed by atoms with Gasteiger partial charge >= 0.3 is 24.1 Å². The summed E-state index contributed by atoms with van der Waals surface area (Å²) in [6.07, 6.45) is -0.0442. The number of primary amides is 1. The summed E-state index contributed by atoms with van der Waals surface area (Å²) < 4.78 is 16.3. The number of benzene rings is 2. The van der Waals surface area contributed by atoms with Crippen molar-refractivity contribution in [2.45, 2.75) is 50.3 Å². The van der Waals surface area contributed by atoms with Crippen LogP contribution in [0.5, 0.6) is 0 Å². The zero-order chi connectivity index (χ0) is 27.3. The van der Waals surface area contributed by atoms with Crippen LogP contribution in [0.25, 0.3) is 11.1 Å². The summed E-state index contributed by atoms with van der Waals surface area (Å²) in [5, 5.41) is 8.17. The molecule has 10 heteroatoms. The lowest BCUT2D eigenvalue weighted by Gasteiger charge is -2.43. The molecule has 1 saturated heterocycles. The highest BCUT2D eigenvalue weighted by atomic mass is 16.8. The highest BCUT2D eigenvalue weighted by Crippen LogP contribution is 2.35. The lowest BCUT2D eigenvalue weighted by molar-refractivity contribution is -0.276. The first-order chi connectivity index (χ1) is 17.5. The van der Waals surface area contributed by atoms with Gasteiger partial charge in [-0.05, 0) is 76.9 Å². The first-order valence-electron chi connectivity index (χ1n) is 12.1. The zero-order valence-electron chi connectivity index (χ0n) is 21.9. The van der Waals surface area contributed by atoms with Crippen molar-refractivity contribution in [1.82, 2.24) is 16.0 Å². The van der Waals surface area contributed by atoms with Crippen LogP contribution in [-0.4, -0.2) is 56.3 Å². The molecule has 2 aromatic carbocycles. The van der Waals surface area contributed by atoms with Gasteiger partial charge in [0.25, 0.3) is 0 Å². The number of cyclic esters (lactones) is 2. The molecule has 0 spiro atoms. The van der Waals surface area contributed by atoms with E-state index in [1.807, 2.05) is 54.6 Å². The molecule has 3 rings (SSSR count). The molecule has 0 unspecified atom stereocenters. The molecule has 0 aliphatic carbocycles. The Morgan fingerprint density at radius 2 is 1.46 bits per heavy atom. The van der Waals surface area contributed by atoms with E-state index >= 15 is 0 Å². The Balaban J connectivity index is 1.89. The monoisotopic (exact) mass is 512 g/mol. The highest BCUT2D eigenvalue weighted by Gasteiger charge is 2.59. The van der Waals surface area contributed by atoms with Gasteiger partial charge in [0.15, 0.2) is 0 Å². The molecule has 1 heterocycles. The molecule has 200 valence electrons. The number of carbonyl (C=O) groups excluding carboxylic acids is 3. The third-order valence-electron chi connectivity index (χ3n) is 6.59. The maximum Gasteiger partial charge on any atom is 0.405 e. The number of rotatable bonds is 11. The molecule has 1 fully saturated rings. The van der Waals surface area contributed by atoms with E-state index in [9.17, 15) is 14.4 Å². The van der Waals surface area contributed by atoms with Crippen LogP contribution in [-0.2, 0) is 30.2 Å². The number of amides is 1. The SMILES string of the molecule is CNC1(NC)OC(=O)C(C[C@@H](Cc2ccc(-c3ccccc3)cc2)CC(C)(C)OC(N)=O)(NC)C(=O)O1. The van der Waals surface area contributed by atoms with Crippen LogP contribution < -0.4 is 21.7 Å². The maximum absolute atomic E-state index is 13.3. The minimum absolute atomic E-state index is 0.0384. The molecular formula is C27H36N4O6. The van der Waals surface area contributed by atoms with Crippen molar-refractivity contribution in [3.8, 4) is 11.1 Å². The number of carbonyl (C=O) groups is 3. The largest absolute Gasteiger partial charge is 0.444 e. The van der Waals surface area contributed by atoms with Gasteiger partial charge in [-0.25, -0.2) is 25.0 Å². The van der Waals surface area contributed by atoms with Gasteiger partial charge in [-0.15, -0.1) is 0 Å². The van der Waals surface area contributed by atoms with Gasteiger partial charge in [-0.3, -0.25) is 5.32 Å². The van der Waals surface area contributed by atoms with Crippen LogP contribution in [0.1, 0.15) is 32.3 Å². The maximum atomic E-state index is 13.3. The van der Waals surface area contributed by atoms with Gasteiger partial charge < -0.3 is 19.9 Å². The fourth-order valence-electron chi connectivity index (χ4n) is 4.80. The van der Waals surface area contributed by atoms with Crippen LogP contribution >= 0.6 is 0 Å². The van der Waals surface area contributed by atoms with Crippen molar-refractivity contribution in [3.05, 3.63) is 60.2 Å². The molecule has 0 radical (unpaired) electrons. The Morgan fingerprint density at radius 3 is 1.95 bits per heavy atom. The standard InChI is InChI=1S/C27H36N4O6/c1-25(2,37-24(28)34)16-19(15-18-11-13-21(14-12-18)20-9-7-6-8-10-20)17-26(29-3)22(32)35-27(30-4,31-5)36-23(26)33/h6-14,19,29-31H,15-17H2,1-5H3,(H2,28,34)/t19-/m0/s1. The van der Waals surface area contributed by atoms with Gasteiger partial charge in [0, 0.05) is 0 Å². The van der Waals surface area contributed by atoms with Crippen molar-refractivity contribution < 1.29 is 28.6 Å². The molecule has 0 bridgehead atoms. The van der Waals surface area contributed by atoms with E-state index in [4.69, 9.17) is 19.9 Å². The highest BCUT2D eigenvalue weighted by molar-refractivity contribution is 6.06. The van der Waals surface area contributed by atoms with Crippen molar-refractivity contribution in [1.29, 1.82) is 0 Å². The summed E-state index contributed by atoms with van der Waals surface area (Å²) in [7, 11) is 4.50. The van der Waals surface area contributed by atoms with E-state index in [-0.39, 0.29) is 12.3 Å². The summed E-state index contributed by atoms with van der Waals surface area (Å²) >= 11 is 0. The van der Waals surface area contributed by atoms with Crippen molar-refractivity contribution in [3.63, 3.8) is 0 Å². The van der Waals surface area contributed by atoms with Crippen LogP contribution in [0.2, 0.25) is 0 Å². The predicted octanol–water partition coefficient (Wildman–Crippen LogP) is 2.27. The van der Waals surface area contributed by atoms with E-state index in [1.54, 1.807) is 13.8 Å². The third-order valence-corrected chi connectivity index (χ3v) is 6.59. The van der Waals surface area contributed by atoms with E-state index in [2.05, 4.69) is 16.0 Å². The van der Waals surface area contributed by atoms with Gasteiger partial charge in [-0.1, -0.05) is 54.6 Å². The first-order valence-corrected chi connectivity index (χ1v) is 12.1. The Morgan fingerprint density at radius 1 is 0.919 bits per heavy atom. The van der Waals surface area contributed by atoms with Crippen molar-refractivity contribution >= 4 is 18.0 Å². The number of ether oxygens (including phenoxy) is 3. The van der Waals surface area contributed by atoms with Crippen molar-refractivity contribution in [2.24, 2.45) is 11.7 Å². The van der Waals surface area contributed by atoms with Crippen LogP contribution in [0.15, 0.2) is 54.6 Å². The number of nitrogens with two attached hydrogens (primary N) is 1. The second-order valence-corrected chi connectivity index (χ2v) is 9.77. The lowest BCUT2D eigenvalue weighted by Crippen LogP contribution is -2.73. The molecule has 1 atom stereocenters. The fourth-order valence-corrected chi connectivity index (χ4v) is 4.80. The molecule has 37 heavy (non-hydrogen) atoms. The Kier molecular flexibility index (Phi) is 8.57. The number of esters is 2. The van der Waals surface area contributed by atoms with E-state index in [1.165, 1.54) is 21.1 Å². The summed E-state index contributed by atoms with van der Waals surface area (Å²) in [4.78, 5) is 38.0. The smallest absolute Gasteiger partial charge is 0.405 e. The molecule has 0 saturated carbocycles. The minimum Gasteiger partial charge on any atom is -0.444 e. The summed E-state index contributed by atoms with van der Waals surface area (Å²) in [5.74, 6) is -1.87. The lowest BCUT2D eigenvalue weighted by atomic mass is 9.78. The molecular weight excluding hydrogens is 476 g/mol. The van der Waals surface area contributed by atoms with E-state index in [0.717, 1.165) is 16.7 Å². The normalized spacial score (nSPS) is 17.4. The number of hydrogen-bond donors (Lipinski definition) is 4. The topological polar surface area (TPSA) is 141 Å². The van der Waals surface area contributed by atoms with Gasteiger partial charge in [0.2, 0.25) is 5.54 Å². The van der Waals surface area contributed by atoms with Crippen molar-refractivity contribution in [2.75, 3.05) is 21.1 Å². The molecule has 2 aromatic rings. The van der Waals surface area contributed by atoms with E-state index < -0.39 is 35.2 Å². The molecule has 5 N–H and O–H groups in total. The quantitative estimate of drug-likeness (QED) is 0.203. The number of nitrogens with one attached hydrogen (secondary N) is 3. The number of hydrogen-bond acceptors (Lipinski definition) is 9. The summed E-state index contributed by atoms with van der Waals surface area (Å²) in [6.45, 7) is 3.47. The predicted molar refractivity (Wildman–Crippen MR) is 138 cm³/mol. The summed E-state index contributed by atoms with van der Waals surface area (Å²) in [6, 6.07) is 16.3. The second kappa shape index (κ2) is 11.3. The average molecular weight is 513 g/mol. The number of likely N-dealkylation sites (N-methyl/N-ethyl adjacent to an activating group) is 1. The van der Waals surface area contributed by atoms with Crippen LogP contribution in [0, 0.1) is 5.92 Å². The molecule has 1 amide bonds. The Bertz CT molecular complexity index is 1080. The van der Waals surface area contributed by atoms with Crippen LogP contribution in [0.4, 0.5) is 4.79 Å². The Labute approximate surface area is 217 Å². The van der Waals surface area contributed by atoms with Crippen LogP contribution in [0.3, 0.4) is 0 Å². The van der Waals surface area contributed by atoms with Gasteiger partial charge in [-0.2, -0.15) is 0 Å². The zero-order valence-corrected chi connectivity index (χ0v) is 21.9. The van der Waals surface area contributed by atoms with E-state index in [0.29, 0.717) is 12.8 Å². The molecule has 0 aromatic heterocycles. The Hall–Kier alpha value is -3.47. The van der Waals surface area contributed by atoms with Gasteiger partial charge in [0.1, 0.15) is 5.60 Å². The van der Waals surface area contributed by atoms with Gasteiger partial charge in [0.05, 0.1) is 0 Å². The molecule has 1 aliphatic heterocycles. The summed E-state index contributed by atoms with van der Waals surface area (Å²) in [5.41, 5.74) is 5.74. The fraction of sp³-hybridized carbons (Fsp3) is 0.444. The minimum atomic E-state index is -1.76. The average Bonchev–Trinajstić information content (AvgIpc) is 2.86.